The van der Waals surface area contributed by atoms with Gasteiger partial charge in [0.2, 0.25) is 5.91 Å². The van der Waals surface area contributed by atoms with Crippen LogP contribution in [-0.2, 0) is 9.53 Å². The molecule has 3 aromatic rings. The molecule has 2 aromatic heterocycles. The van der Waals surface area contributed by atoms with Crippen LogP contribution in [0, 0.1) is 24.7 Å². The maximum Gasteiger partial charge on any atom is 0.223 e. The number of hydrogen-bond acceptors (Lipinski definition) is 6. The molecule has 4 unspecified atom stereocenters. The molecule has 4 atom stereocenters. The number of imidazole rings is 1. The molecule has 1 amide bonds. The first-order chi connectivity index (χ1) is 16.5. The van der Waals surface area contributed by atoms with E-state index < -0.39 is 0 Å². The number of halogens is 1. The zero-order valence-corrected chi connectivity index (χ0v) is 20.5. The van der Waals surface area contributed by atoms with E-state index in [0.29, 0.717) is 5.65 Å². The Kier molecular flexibility index (Phi) is 5.33. The minimum Gasteiger partial charge on any atom is -0.378 e. The number of amides is 1. The Bertz CT molecular complexity index is 1300. The van der Waals surface area contributed by atoms with Crippen molar-refractivity contribution in [3.05, 3.63) is 46.6 Å². The van der Waals surface area contributed by atoms with Crippen LogP contribution < -0.4 is 16.0 Å². The number of H-pyrrole nitrogens is 1. The first-order valence-corrected chi connectivity index (χ1v) is 12.5. The highest BCUT2D eigenvalue weighted by molar-refractivity contribution is 9.10. The van der Waals surface area contributed by atoms with Gasteiger partial charge in [-0.3, -0.25) is 4.79 Å². The fourth-order valence-corrected chi connectivity index (χ4v) is 6.11. The lowest BCUT2D eigenvalue weighted by molar-refractivity contribution is -0.122. The molecule has 34 heavy (non-hydrogen) atoms. The molecule has 1 saturated carbocycles. The maximum atomic E-state index is 12.2. The fraction of sp³-hybridized carbons (Fsp3) is 0.400. The van der Waals surface area contributed by atoms with Gasteiger partial charge in [0.1, 0.15) is 11.3 Å². The van der Waals surface area contributed by atoms with Crippen molar-refractivity contribution in [2.24, 2.45) is 23.5 Å². The van der Waals surface area contributed by atoms with Crippen molar-refractivity contribution < 1.29 is 9.53 Å². The normalized spacial score (nSPS) is 25.9. The Labute approximate surface area is 206 Å². The van der Waals surface area contributed by atoms with Crippen LogP contribution in [0.3, 0.4) is 0 Å². The number of aromatic amines is 1. The van der Waals surface area contributed by atoms with Crippen LogP contribution in [0.2, 0.25) is 0 Å². The number of rotatable bonds is 5. The standard InChI is InChI=1S/C25H27BrN6O2/c1-13-10-16(32-6-8-34-9-7-32)4-5-17(13)24-30-22-21(18(26)12-28-25(22)31-24)29-20-15-3-2-14(11-15)19(20)23(27)33/h2-5,10,12,14-15,19-20H,6-9,11H2,1H3,(H2,27,33)(H2,28,29,30,31). The number of nitrogens with two attached hydrogens (primary N) is 1. The van der Waals surface area contributed by atoms with E-state index in [2.05, 4.69) is 73.4 Å². The van der Waals surface area contributed by atoms with Gasteiger partial charge in [-0.2, -0.15) is 0 Å². The van der Waals surface area contributed by atoms with E-state index in [1.165, 1.54) is 5.69 Å². The minimum atomic E-state index is -0.255. The van der Waals surface area contributed by atoms with Gasteiger partial charge in [-0.15, -0.1) is 0 Å². The van der Waals surface area contributed by atoms with E-state index >= 15 is 0 Å². The predicted octanol–water partition coefficient (Wildman–Crippen LogP) is 3.62. The molecule has 1 saturated heterocycles. The van der Waals surface area contributed by atoms with Gasteiger partial charge in [-0.1, -0.05) is 12.2 Å². The Morgan fingerprint density at radius 3 is 2.82 bits per heavy atom. The molecule has 8 nitrogen and oxygen atoms in total. The summed E-state index contributed by atoms with van der Waals surface area (Å²) in [5, 5.41) is 3.61. The summed E-state index contributed by atoms with van der Waals surface area (Å²) in [6, 6.07) is 6.41. The lowest BCUT2D eigenvalue weighted by Gasteiger charge is -2.29. The van der Waals surface area contributed by atoms with Gasteiger partial charge in [-0.25, -0.2) is 9.97 Å². The van der Waals surface area contributed by atoms with Crippen LogP contribution in [0.15, 0.2) is 41.0 Å². The number of anilines is 2. The molecular weight excluding hydrogens is 496 g/mol. The molecule has 3 aliphatic rings. The van der Waals surface area contributed by atoms with E-state index in [0.717, 1.165) is 65.4 Å². The molecule has 0 spiro atoms. The quantitative estimate of drug-likeness (QED) is 0.441. The number of allylic oxidation sites excluding steroid dienone is 1. The van der Waals surface area contributed by atoms with Crippen molar-refractivity contribution in [1.82, 2.24) is 15.0 Å². The second-order valence-corrected chi connectivity index (χ2v) is 10.3. The number of nitrogens with zero attached hydrogens (tertiary/aromatic N) is 3. The van der Waals surface area contributed by atoms with Crippen molar-refractivity contribution in [2.75, 3.05) is 36.5 Å². The van der Waals surface area contributed by atoms with E-state index in [9.17, 15) is 4.79 Å². The molecule has 2 aliphatic carbocycles. The average molecular weight is 523 g/mol. The summed E-state index contributed by atoms with van der Waals surface area (Å²) >= 11 is 3.64. The molecule has 0 radical (unpaired) electrons. The van der Waals surface area contributed by atoms with Crippen LogP contribution >= 0.6 is 15.9 Å². The number of nitrogens with one attached hydrogen (secondary N) is 2. The first-order valence-electron chi connectivity index (χ1n) is 11.7. The van der Waals surface area contributed by atoms with Gasteiger partial charge >= 0.3 is 0 Å². The Morgan fingerprint density at radius 1 is 1.26 bits per heavy atom. The van der Waals surface area contributed by atoms with E-state index in [1.807, 2.05) is 0 Å². The molecule has 4 N–H and O–H groups in total. The smallest absolute Gasteiger partial charge is 0.223 e. The van der Waals surface area contributed by atoms with Gasteiger partial charge in [0.15, 0.2) is 5.65 Å². The molecule has 3 heterocycles. The monoisotopic (exact) mass is 522 g/mol. The van der Waals surface area contributed by atoms with E-state index in [4.69, 9.17) is 15.5 Å². The minimum absolute atomic E-state index is 0.0518. The van der Waals surface area contributed by atoms with Crippen LogP contribution in [0.4, 0.5) is 11.4 Å². The number of benzene rings is 1. The summed E-state index contributed by atoms with van der Waals surface area (Å²) in [5.74, 6) is 0.784. The lowest BCUT2D eigenvalue weighted by atomic mass is 9.88. The third-order valence-corrected chi connectivity index (χ3v) is 8.01. The van der Waals surface area contributed by atoms with Gasteiger partial charge in [-0.05, 0) is 64.9 Å². The second-order valence-electron chi connectivity index (χ2n) is 9.41. The zero-order chi connectivity index (χ0) is 23.4. The van der Waals surface area contributed by atoms with Crippen LogP contribution in [0.5, 0.6) is 0 Å². The average Bonchev–Trinajstić information content (AvgIpc) is 3.56. The third-order valence-electron chi connectivity index (χ3n) is 7.41. The second kappa shape index (κ2) is 8.39. The third kappa shape index (κ3) is 3.58. The van der Waals surface area contributed by atoms with Crippen LogP contribution in [0.1, 0.15) is 12.0 Å². The summed E-state index contributed by atoms with van der Waals surface area (Å²) < 4.78 is 6.29. The zero-order valence-electron chi connectivity index (χ0n) is 18.9. The Morgan fingerprint density at radius 2 is 2.06 bits per heavy atom. The highest BCUT2D eigenvalue weighted by Gasteiger charge is 2.47. The van der Waals surface area contributed by atoms with Crippen molar-refractivity contribution in [3.8, 4) is 11.4 Å². The predicted molar refractivity (Wildman–Crippen MR) is 136 cm³/mol. The number of aromatic nitrogens is 3. The van der Waals surface area contributed by atoms with Crippen molar-refractivity contribution >= 4 is 44.4 Å². The van der Waals surface area contributed by atoms with Crippen molar-refractivity contribution in [2.45, 2.75) is 19.4 Å². The number of ether oxygens (including phenoxy) is 1. The summed E-state index contributed by atoms with van der Waals surface area (Å²) in [7, 11) is 0. The number of fused-ring (bicyclic) bond motifs is 3. The van der Waals surface area contributed by atoms with Gasteiger partial charge in [0, 0.05) is 36.6 Å². The molecule has 1 aliphatic heterocycles. The molecule has 176 valence electrons. The number of aryl methyl sites for hydroxylation is 1. The van der Waals surface area contributed by atoms with E-state index in [1.54, 1.807) is 6.20 Å². The van der Waals surface area contributed by atoms with Crippen molar-refractivity contribution in [1.29, 1.82) is 0 Å². The summed E-state index contributed by atoms with van der Waals surface area (Å²) in [6.45, 7) is 5.43. The lowest BCUT2D eigenvalue weighted by Crippen LogP contribution is -2.41. The Balaban J connectivity index is 1.34. The molecule has 2 bridgehead atoms. The van der Waals surface area contributed by atoms with Crippen LogP contribution in [0.25, 0.3) is 22.6 Å². The van der Waals surface area contributed by atoms with E-state index in [-0.39, 0.29) is 29.7 Å². The number of pyridine rings is 1. The molecule has 6 rings (SSSR count). The molecule has 2 fully saturated rings. The van der Waals surface area contributed by atoms with Gasteiger partial charge in [0.25, 0.3) is 0 Å². The summed E-state index contributed by atoms with van der Waals surface area (Å²) in [6.07, 6.45) is 7.05. The number of carbonyl (C=O) groups excluding carboxylic acids is 1. The summed E-state index contributed by atoms with van der Waals surface area (Å²) in [5.41, 5.74) is 11.4. The summed E-state index contributed by atoms with van der Waals surface area (Å²) in [4.78, 5) is 27.4. The largest absolute Gasteiger partial charge is 0.378 e. The SMILES string of the molecule is Cc1cc(N2CCOCC2)ccc1-c1nc2c(NC3C4C=CC(C4)C3C(N)=O)c(Br)cnc2[nH]1. The highest BCUT2D eigenvalue weighted by Crippen LogP contribution is 2.46. The Hall–Kier alpha value is -2.91. The number of morpholine rings is 1. The number of primary amides is 1. The number of carbonyl (C=O) groups is 1. The fourth-order valence-electron chi connectivity index (χ4n) is 5.70. The highest BCUT2D eigenvalue weighted by atomic mass is 79.9. The maximum absolute atomic E-state index is 12.2. The number of hydrogen-bond donors (Lipinski definition) is 3. The molecule has 9 heteroatoms. The van der Waals surface area contributed by atoms with Gasteiger partial charge in [0.05, 0.1) is 29.3 Å². The molecular formula is C25H27BrN6O2. The molecule has 1 aromatic carbocycles. The van der Waals surface area contributed by atoms with Crippen LogP contribution in [-0.4, -0.2) is 53.2 Å². The topological polar surface area (TPSA) is 109 Å². The first kappa shape index (κ1) is 21.6. The van der Waals surface area contributed by atoms with Gasteiger partial charge < -0.3 is 25.7 Å². The van der Waals surface area contributed by atoms with Crippen molar-refractivity contribution in [3.63, 3.8) is 0 Å².